The van der Waals surface area contributed by atoms with E-state index >= 15 is 0 Å². The van der Waals surface area contributed by atoms with Crippen LogP contribution in [0.3, 0.4) is 0 Å². The number of nitrogens with zero attached hydrogens (tertiary/aromatic N) is 1. The second-order valence-electron chi connectivity index (χ2n) is 5.75. The zero-order chi connectivity index (χ0) is 12.5. The minimum absolute atomic E-state index is 0.416. The van der Waals surface area contributed by atoms with Gasteiger partial charge < -0.3 is 9.84 Å². The first-order valence-corrected chi connectivity index (χ1v) is 6.55. The number of carboxylic acid groups (broad SMARTS) is 1. The molecule has 1 N–H and O–H groups in total. The van der Waals surface area contributed by atoms with Crippen LogP contribution in [-0.2, 0) is 9.53 Å². The van der Waals surface area contributed by atoms with E-state index in [0.717, 1.165) is 38.6 Å². The Kier molecular flexibility index (Phi) is 3.73. The maximum atomic E-state index is 11.2. The third kappa shape index (κ3) is 2.63. The lowest BCUT2D eigenvalue weighted by Crippen LogP contribution is -2.40. The predicted molar refractivity (Wildman–Crippen MR) is 65.0 cm³/mol. The van der Waals surface area contributed by atoms with E-state index in [1.807, 2.05) is 6.92 Å². The van der Waals surface area contributed by atoms with Crippen molar-refractivity contribution in [3.63, 3.8) is 0 Å². The summed E-state index contributed by atoms with van der Waals surface area (Å²) in [4.78, 5) is 13.6. The first-order valence-electron chi connectivity index (χ1n) is 6.55. The van der Waals surface area contributed by atoms with E-state index in [-0.39, 0.29) is 0 Å². The van der Waals surface area contributed by atoms with Gasteiger partial charge in [-0.15, -0.1) is 0 Å². The van der Waals surface area contributed by atoms with Crippen LogP contribution in [0.5, 0.6) is 0 Å². The Hall–Kier alpha value is -0.610. The summed E-state index contributed by atoms with van der Waals surface area (Å²) in [6.45, 7) is 3.52. The van der Waals surface area contributed by atoms with Crippen molar-refractivity contribution in [2.75, 3.05) is 20.2 Å². The fraction of sp³-hybridized carbons (Fsp3) is 0.923. The second kappa shape index (κ2) is 4.94. The first kappa shape index (κ1) is 12.8. The van der Waals surface area contributed by atoms with Gasteiger partial charge in [-0.05, 0) is 45.6 Å². The monoisotopic (exact) mass is 241 g/mol. The van der Waals surface area contributed by atoms with Gasteiger partial charge in [0, 0.05) is 19.7 Å². The van der Waals surface area contributed by atoms with Crippen molar-refractivity contribution in [2.45, 2.75) is 51.2 Å². The largest absolute Gasteiger partial charge is 0.481 e. The molecule has 0 radical (unpaired) electrons. The maximum Gasteiger partial charge on any atom is 0.310 e. The molecule has 17 heavy (non-hydrogen) atoms. The zero-order valence-electron chi connectivity index (χ0n) is 10.8. The van der Waals surface area contributed by atoms with Gasteiger partial charge in [0.05, 0.1) is 11.5 Å². The summed E-state index contributed by atoms with van der Waals surface area (Å²) in [5.41, 5.74) is -0.530. The molecule has 2 fully saturated rings. The molecular formula is C13H23NO3. The number of ether oxygens (including phenoxy) is 1. The Balaban J connectivity index is 1.87. The smallest absolute Gasteiger partial charge is 0.310 e. The third-order valence-corrected chi connectivity index (χ3v) is 4.51. The molecule has 0 spiro atoms. The van der Waals surface area contributed by atoms with Crippen molar-refractivity contribution in [2.24, 2.45) is 5.41 Å². The Morgan fingerprint density at radius 3 is 2.47 bits per heavy atom. The fourth-order valence-electron chi connectivity index (χ4n) is 3.13. The highest BCUT2D eigenvalue weighted by Crippen LogP contribution is 2.35. The minimum atomic E-state index is -0.648. The van der Waals surface area contributed by atoms with E-state index in [2.05, 4.69) is 4.90 Å². The molecule has 0 aromatic carbocycles. The lowest BCUT2D eigenvalue weighted by Gasteiger charge is -2.34. The van der Waals surface area contributed by atoms with Crippen LogP contribution in [0.4, 0.5) is 0 Å². The van der Waals surface area contributed by atoms with Gasteiger partial charge in [-0.25, -0.2) is 0 Å². The quantitative estimate of drug-likeness (QED) is 0.817. The van der Waals surface area contributed by atoms with E-state index in [1.165, 1.54) is 0 Å². The van der Waals surface area contributed by atoms with E-state index in [4.69, 9.17) is 4.74 Å². The number of aliphatic carboxylic acids is 1. The van der Waals surface area contributed by atoms with Crippen molar-refractivity contribution < 1.29 is 14.6 Å². The molecule has 98 valence electrons. The van der Waals surface area contributed by atoms with Crippen LogP contribution in [0.1, 0.15) is 39.0 Å². The van der Waals surface area contributed by atoms with Gasteiger partial charge in [0.2, 0.25) is 0 Å². The third-order valence-electron chi connectivity index (χ3n) is 4.51. The summed E-state index contributed by atoms with van der Waals surface area (Å²) in [6.07, 6.45) is 5.72. The number of rotatable bonds is 3. The van der Waals surface area contributed by atoms with Gasteiger partial charge in [0.1, 0.15) is 0 Å². The summed E-state index contributed by atoms with van der Waals surface area (Å²) in [6, 6.07) is 0.572. The SMILES string of the molecule is COC1CCC(N2CCC(C)(C(=O)O)C2)CC1. The zero-order valence-corrected chi connectivity index (χ0v) is 10.8. The molecule has 4 heteroatoms. The molecule has 1 atom stereocenters. The molecule has 2 aliphatic rings. The molecule has 1 heterocycles. The van der Waals surface area contributed by atoms with Crippen LogP contribution in [0, 0.1) is 5.41 Å². The van der Waals surface area contributed by atoms with Crippen molar-refractivity contribution >= 4 is 5.97 Å². The molecule has 1 saturated heterocycles. The lowest BCUT2D eigenvalue weighted by molar-refractivity contribution is -0.147. The highest BCUT2D eigenvalue weighted by atomic mass is 16.5. The summed E-state index contributed by atoms with van der Waals surface area (Å²) in [5, 5.41) is 9.22. The molecular weight excluding hydrogens is 218 g/mol. The molecule has 2 rings (SSSR count). The van der Waals surface area contributed by atoms with Crippen LogP contribution in [0.25, 0.3) is 0 Å². The van der Waals surface area contributed by atoms with Gasteiger partial charge in [-0.3, -0.25) is 9.69 Å². The van der Waals surface area contributed by atoms with Crippen molar-refractivity contribution in [1.82, 2.24) is 4.90 Å². The molecule has 1 aliphatic carbocycles. The summed E-state index contributed by atoms with van der Waals surface area (Å²) in [5.74, 6) is -0.648. The standard InChI is InChI=1S/C13H23NO3/c1-13(12(15)16)7-8-14(9-13)10-3-5-11(17-2)6-4-10/h10-11H,3-9H2,1-2H3,(H,15,16). The van der Waals surface area contributed by atoms with Crippen LogP contribution >= 0.6 is 0 Å². The number of carboxylic acids is 1. The lowest BCUT2D eigenvalue weighted by atomic mass is 9.89. The van der Waals surface area contributed by atoms with Gasteiger partial charge in [0.25, 0.3) is 0 Å². The van der Waals surface area contributed by atoms with E-state index in [9.17, 15) is 9.90 Å². The van der Waals surface area contributed by atoms with E-state index in [0.29, 0.717) is 18.7 Å². The van der Waals surface area contributed by atoms with E-state index < -0.39 is 11.4 Å². The van der Waals surface area contributed by atoms with Gasteiger partial charge in [-0.2, -0.15) is 0 Å². The average Bonchev–Trinajstić information content (AvgIpc) is 2.74. The normalized spacial score (nSPS) is 39.4. The van der Waals surface area contributed by atoms with Crippen LogP contribution in [-0.4, -0.2) is 48.3 Å². The Morgan fingerprint density at radius 2 is 2.00 bits per heavy atom. The predicted octanol–water partition coefficient (Wildman–Crippen LogP) is 1.74. The molecule has 0 bridgehead atoms. The molecule has 1 saturated carbocycles. The van der Waals surface area contributed by atoms with Crippen LogP contribution in [0.15, 0.2) is 0 Å². The molecule has 0 aromatic heterocycles. The van der Waals surface area contributed by atoms with Gasteiger partial charge >= 0.3 is 5.97 Å². The van der Waals surface area contributed by atoms with Crippen LogP contribution < -0.4 is 0 Å². The summed E-state index contributed by atoms with van der Waals surface area (Å²) in [7, 11) is 1.78. The highest BCUT2D eigenvalue weighted by Gasteiger charge is 2.42. The molecule has 0 amide bonds. The Labute approximate surface area is 103 Å². The molecule has 4 nitrogen and oxygen atoms in total. The van der Waals surface area contributed by atoms with Crippen molar-refractivity contribution in [1.29, 1.82) is 0 Å². The molecule has 1 aliphatic heterocycles. The van der Waals surface area contributed by atoms with Crippen molar-refractivity contribution in [3.05, 3.63) is 0 Å². The number of likely N-dealkylation sites (tertiary alicyclic amines) is 1. The Morgan fingerprint density at radius 1 is 1.35 bits per heavy atom. The van der Waals surface area contributed by atoms with Crippen molar-refractivity contribution in [3.8, 4) is 0 Å². The average molecular weight is 241 g/mol. The first-order chi connectivity index (χ1) is 8.05. The number of hydrogen-bond acceptors (Lipinski definition) is 3. The summed E-state index contributed by atoms with van der Waals surface area (Å²) < 4.78 is 5.37. The molecule has 0 aromatic rings. The van der Waals surface area contributed by atoms with Gasteiger partial charge in [-0.1, -0.05) is 0 Å². The fourth-order valence-corrected chi connectivity index (χ4v) is 3.13. The maximum absolute atomic E-state index is 11.2. The summed E-state index contributed by atoms with van der Waals surface area (Å²) >= 11 is 0. The van der Waals surface area contributed by atoms with E-state index in [1.54, 1.807) is 7.11 Å². The number of carbonyl (C=O) groups is 1. The number of hydrogen-bond donors (Lipinski definition) is 1. The highest BCUT2D eigenvalue weighted by molar-refractivity contribution is 5.74. The minimum Gasteiger partial charge on any atom is -0.481 e. The number of methoxy groups -OCH3 is 1. The van der Waals surface area contributed by atoms with Gasteiger partial charge in [0.15, 0.2) is 0 Å². The molecule has 1 unspecified atom stereocenters. The van der Waals surface area contributed by atoms with Crippen LogP contribution in [0.2, 0.25) is 0 Å². The Bertz CT molecular complexity index is 286. The second-order valence-corrected chi connectivity index (χ2v) is 5.75. The topological polar surface area (TPSA) is 49.8 Å².